The second kappa shape index (κ2) is 15.2. The van der Waals surface area contributed by atoms with Crippen molar-refractivity contribution < 1.29 is 34.9 Å². The van der Waals surface area contributed by atoms with Crippen molar-refractivity contribution >= 4 is 17.7 Å². The number of aromatic hydroxyl groups is 3. The summed E-state index contributed by atoms with van der Waals surface area (Å²) in [7, 11) is 0. The van der Waals surface area contributed by atoms with Gasteiger partial charge in [0.1, 0.15) is 29.3 Å². The average Bonchev–Trinajstić information content (AvgIpc) is 2.97. The monoisotopic (exact) mass is 564 g/mol. The van der Waals surface area contributed by atoms with Crippen molar-refractivity contribution in [2.45, 2.75) is 50.7 Å². The van der Waals surface area contributed by atoms with Crippen LogP contribution >= 0.6 is 0 Å². The smallest absolute Gasteiger partial charge is 0.266 e. The summed E-state index contributed by atoms with van der Waals surface area (Å²) < 4.78 is 0. The first-order chi connectivity index (χ1) is 19.7. The molecule has 0 saturated carbocycles. The van der Waals surface area contributed by atoms with Gasteiger partial charge in [-0.25, -0.2) is 5.48 Å². The van der Waals surface area contributed by atoms with Gasteiger partial charge < -0.3 is 31.3 Å². The lowest BCUT2D eigenvalue weighted by molar-refractivity contribution is -0.136. The third-order valence-corrected chi connectivity index (χ3v) is 6.46. The number of amides is 3. The first kappa shape index (κ1) is 30.9. The maximum atomic E-state index is 13.5. The molecular formula is C30H36N4O7. The van der Waals surface area contributed by atoms with Crippen molar-refractivity contribution in [1.82, 2.24) is 21.4 Å². The van der Waals surface area contributed by atoms with Crippen molar-refractivity contribution in [3.8, 4) is 17.2 Å². The molecule has 0 fully saturated rings. The predicted molar refractivity (Wildman–Crippen MR) is 151 cm³/mol. The Kier molecular flexibility index (Phi) is 11.5. The Balaban J connectivity index is 1.83. The van der Waals surface area contributed by atoms with Crippen LogP contribution in [0.1, 0.15) is 30.0 Å². The number of nitrogens with one attached hydrogen (secondary N) is 4. The highest BCUT2D eigenvalue weighted by Crippen LogP contribution is 2.15. The molecule has 0 bridgehead atoms. The molecule has 0 aliphatic carbocycles. The van der Waals surface area contributed by atoms with E-state index in [-0.39, 0.29) is 30.1 Å². The summed E-state index contributed by atoms with van der Waals surface area (Å²) in [6, 6.07) is 15.8. The highest BCUT2D eigenvalue weighted by atomic mass is 16.5. The summed E-state index contributed by atoms with van der Waals surface area (Å²) in [5, 5.41) is 46.7. The molecule has 0 heterocycles. The number of benzene rings is 3. The van der Waals surface area contributed by atoms with Gasteiger partial charge in [-0.2, -0.15) is 0 Å². The fourth-order valence-corrected chi connectivity index (χ4v) is 4.22. The van der Waals surface area contributed by atoms with E-state index < -0.39 is 35.8 Å². The van der Waals surface area contributed by atoms with E-state index in [1.54, 1.807) is 41.9 Å². The van der Waals surface area contributed by atoms with Crippen LogP contribution in [0.3, 0.4) is 0 Å². The molecule has 41 heavy (non-hydrogen) atoms. The van der Waals surface area contributed by atoms with E-state index in [9.17, 15) is 34.9 Å². The minimum atomic E-state index is -1.18. The molecule has 3 rings (SSSR count). The largest absolute Gasteiger partial charge is 0.508 e. The van der Waals surface area contributed by atoms with Crippen LogP contribution in [0.25, 0.3) is 0 Å². The van der Waals surface area contributed by atoms with E-state index in [1.165, 1.54) is 36.4 Å². The second-order valence-corrected chi connectivity index (χ2v) is 9.72. The molecule has 0 aliphatic heterocycles. The second-order valence-electron chi connectivity index (χ2n) is 9.72. The van der Waals surface area contributed by atoms with Crippen LogP contribution in [-0.4, -0.2) is 62.9 Å². The maximum Gasteiger partial charge on any atom is 0.266 e. The fourth-order valence-electron chi connectivity index (χ4n) is 4.22. The van der Waals surface area contributed by atoms with Gasteiger partial charge in [0.15, 0.2) is 0 Å². The Labute approximate surface area is 238 Å². The van der Waals surface area contributed by atoms with Gasteiger partial charge in [-0.15, -0.1) is 0 Å². The van der Waals surface area contributed by atoms with Crippen LogP contribution in [0, 0.1) is 0 Å². The zero-order valence-corrected chi connectivity index (χ0v) is 22.7. The van der Waals surface area contributed by atoms with Crippen LogP contribution in [0.4, 0.5) is 0 Å². The number of carbonyl (C=O) groups excluding carboxylic acids is 3. The lowest BCUT2D eigenvalue weighted by atomic mass is 10.0. The van der Waals surface area contributed by atoms with Gasteiger partial charge in [0, 0.05) is 12.8 Å². The van der Waals surface area contributed by atoms with Crippen LogP contribution < -0.4 is 21.4 Å². The standard InChI is InChI=1S/C30H36N4O7/c1-2-15-31-25(16-19-3-9-22(35)10-4-19)28(38)32-26(17-20-5-11-23(36)12-6-20)29(39)33-27(30(40)34-41)18-21-7-13-24(37)14-8-21/h3-14,25-27,31,35-37,41H,2,15-18H2,1H3,(H,32,38)(H,33,39)(H,34,40)/t25-,26-,27-/m0/s1. The number of rotatable bonds is 14. The van der Waals surface area contributed by atoms with E-state index in [4.69, 9.17) is 0 Å². The number of hydrogen-bond acceptors (Lipinski definition) is 8. The van der Waals surface area contributed by atoms with E-state index in [2.05, 4.69) is 16.0 Å². The molecule has 3 aromatic carbocycles. The Morgan fingerprint density at radius 2 is 0.927 bits per heavy atom. The summed E-state index contributed by atoms with van der Waals surface area (Å²) in [5.74, 6) is -1.75. The quantitative estimate of drug-likeness (QED) is 0.108. The SMILES string of the molecule is CCCN[C@@H](Cc1ccc(O)cc1)C(=O)N[C@@H](Cc1ccc(O)cc1)C(=O)N[C@@H](Cc1ccc(O)cc1)C(=O)NO. The summed E-state index contributed by atoms with van der Waals surface area (Å²) in [6.45, 7) is 2.51. The normalized spacial score (nSPS) is 13.0. The molecule has 218 valence electrons. The first-order valence-corrected chi connectivity index (χ1v) is 13.3. The minimum Gasteiger partial charge on any atom is -0.508 e. The Morgan fingerprint density at radius 1 is 0.585 bits per heavy atom. The summed E-state index contributed by atoms with van der Waals surface area (Å²) >= 11 is 0. The summed E-state index contributed by atoms with van der Waals surface area (Å²) in [4.78, 5) is 39.5. The van der Waals surface area contributed by atoms with Gasteiger partial charge in [0.2, 0.25) is 11.8 Å². The average molecular weight is 565 g/mol. The molecule has 0 radical (unpaired) electrons. The number of carbonyl (C=O) groups is 3. The zero-order chi connectivity index (χ0) is 29.8. The van der Waals surface area contributed by atoms with Gasteiger partial charge in [-0.3, -0.25) is 19.6 Å². The lowest BCUT2D eigenvalue weighted by Gasteiger charge is -2.25. The topological polar surface area (TPSA) is 180 Å². The summed E-state index contributed by atoms with van der Waals surface area (Å²) in [6.07, 6.45) is 1.14. The minimum absolute atomic E-state index is 0.0137. The molecule has 3 amide bonds. The van der Waals surface area contributed by atoms with Crippen LogP contribution in [0.2, 0.25) is 0 Å². The number of hydrogen-bond donors (Lipinski definition) is 8. The Hall–Kier alpha value is -4.61. The predicted octanol–water partition coefficient (Wildman–Crippen LogP) is 1.67. The third-order valence-electron chi connectivity index (χ3n) is 6.46. The number of phenolic OH excluding ortho intramolecular Hbond substituents is 3. The molecular weight excluding hydrogens is 528 g/mol. The van der Waals surface area contributed by atoms with Crippen LogP contribution in [0.15, 0.2) is 72.8 Å². The molecule has 0 aliphatic rings. The molecule has 0 unspecified atom stereocenters. The van der Waals surface area contributed by atoms with Crippen LogP contribution in [-0.2, 0) is 33.6 Å². The van der Waals surface area contributed by atoms with Crippen molar-refractivity contribution in [1.29, 1.82) is 0 Å². The maximum absolute atomic E-state index is 13.5. The van der Waals surface area contributed by atoms with E-state index in [1.807, 2.05) is 6.92 Å². The molecule has 0 aromatic heterocycles. The van der Waals surface area contributed by atoms with Gasteiger partial charge in [0.25, 0.3) is 5.91 Å². The molecule has 3 atom stereocenters. The zero-order valence-electron chi connectivity index (χ0n) is 22.7. The van der Waals surface area contributed by atoms with Crippen molar-refractivity contribution in [2.24, 2.45) is 0 Å². The van der Waals surface area contributed by atoms with Crippen molar-refractivity contribution in [2.75, 3.05) is 6.54 Å². The lowest BCUT2D eigenvalue weighted by Crippen LogP contribution is -2.57. The van der Waals surface area contributed by atoms with Gasteiger partial charge in [0.05, 0.1) is 6.04 Å². The summed E-state index contributed by atoms with van der Waals surface area (Å²) in [5.41, 5.74) is 3.64. The van der Waals surface area contributed by atoms with Gasteiger partial charge >= 0.3 is 0 Å². The molecule has 11 nitrogen and oxygen atoms in total. The highest BCUT2D eigenvalue weighted by Gasteiger charge is 2.29. The van der Waals surface area contributed by atoms with Crippen molar-refractivity contribution in [3.63, 3.8) is 0 Å². The Bertz CT molecular complexity index is 1280. The molecule has 0 saturated heterocycles. The molecule has 3 aromatic rings. The van der Waals surface area contributed by atoms with E-state index in [0.29, 0.717) is 24.1 Å². The van der Waals surface area contributed by atoms with Gasteiger partial charge in [-0.05, 0) is 72.5 Å². The molecule has 11 heteroatoms. The van der Waals surface area contributed by atoms with E-state index in [0.717, 1.165) is 12.0 Å². The van der Waals surface area contributed by atoms with Crippen molar-refractivity contribution in [3.05, 3.63) is 89.5 Å². The number of hydroxylamine groups is 1. The third kappa shape index (κ3) is 9.82. The number of phenols is 3. The van der Waals surface area contributed by atoms with Crippen LogP contribution in [0.5, 0.6) is 17.2 Å². The fraction of sp³-hybridized carbons (Fsp3) is 0.300. The molecule has 0 spiro atoms. The first-order valence-electron chi connectivity index (χ1n) is 13.3. The van der Waals surface area contributed by atoms with E-state index >= 15 is 0 Å². The molecule has 8 N–H and O–H groups in total. The highest BCUT2D eigenvalue weighted by molar-refractivity contribution is 5.93. The van der Waals surface area contributed by atoms with Gasteiger partial charge in [-0.1, -0.05) is 43.3 Å². The Morgan fingerprint density at radius 3 is 1.29 bits per heavy atom.